The van der Waals surface area contributed by atoms with Crippen LogP contribution in [0, 0.1) is 0 Å². The van der Waals surface area contributed by atoms with Crippen molar-refractivity contribution >= 4 is 5.97 Å². The molecule has 1 rings (SSSR count). The smallest absolute Gasteiger partial charge is 0.320 e. The molecule has 0 saturated carbocycles. The molecule has 0 spiro atoms. The highest BCUT2D eigenvalue weighted by molar-refractivity contribution is 5.71. The van der Waals surface area contributed by atoms with E-state index in [1.165, 1.54) is 6.07 Å². The molecular weight excluding hydrogens is 234 g/mol. The number of aromatic nitrogens is 2. The zero-order valence-electron chi connectivity index (χ0n) is 11.0. The van der Waals surface area contributed by atoms with E-state index in [1.807, 2.05) is 6.92 Å². The molecule has 100 valence electrons. The Kier molecular flexibility index (Phi) is 5.51. The Morgan fingerprint density at radius 1 is 1.50 bits per heavy atom. The molecule has 0 bridgehead atoms. The van der Waals surface area contributed by atoms with Crippen molar-refractivity contribution in [1.82, 2.24) is 14.9 Å². The maximum atomic E-state index is 11.4. The molecule has 6 nitrogen and oxygen atoms in total. The molecule has 0 aliphatic heterocycles. The van der Waals surface area contributed by atoms with Crippen molar-refractivity contribution in [2.45, 2.75) is 26.8 Å². The predicted molar refractivity (Wildman–Crippen MR) is 67.2 cm³/mol. The summed E-state index contributed by atoms with van der Waals surface area (Å²) in [5, 5.41) is 0. The summed E-state index contributed by atoms with van der Waals surface area (Å²) < 4.78 is 4.85. The molecule has 0 radical (unpaired) electrons. The molecule has 0 aliphatic rings. The number of hydrogen-bond donors (Lipinski definition) is 1. The summed E-state index contributed by atoms with van der Waals surface area (Å²) in [6.07, 6.45) is 0.707. The van der Waals surface area contributed by atoms with Crippen molar-refractivity contribution in [3.8, 4) is 0 Å². The highest BCUT2D eigenvalue weighted by Crippen LogP contribution is 1.97. The number of hydrogen-bond acceptors (Lipinski definition) is 5. The van der Waals surface area contributed by atoms with Crippen molar-refractivity contribution < 1.29 is 9.53 Å². The second-order valence-electron chi connectivity index (χ2n) is 4.01. The Morgan fingerprint density at radius 3 is 2.83 bits per heavy atom. The van der Waals surface area contributed by atoms with Gasteiger partial charge in [-0.25, -0.2) is 4.98 Å². The minimum Gasteiger partial charge on any atom is -0.465 e. The SMILES string of the molecule is CCOC(=O)CN(C)Cc1nc(CC)cc(=O)[nH]1. The van der Waals surface area contributed by atoms with E-state index < -0.39 is 0 Å². The Labute approximate surface area is 106 Å². The van der Waals surface area contributed by atoms with Gasteiger partial charge in [0.2, 0.25) is 0 Å². The second-order valence-corrected chi connectivity index (χ2v) is 4.01. The molecule has 0 aromatic carbocycles. The van der Waals surface area contributed by atoms with Crippen LogP contribution < -0.4 is 5.56 Å². The van der Waals surface area contributed by atoms with Crippen LogP contribution in [-0.2, 0) is 22.5 Å². The summed E-state index contributed by atoms with van der Waals surface area (Å²) >= 11 is 0. The number of esters is 1. The average molecular weight is 253 g/mol. The molecule has 18 heavy (non-hydrogen) atoms. The van der Waals surface area contributed by atoms with Gasteiger partial charge in [-0.3, -0.25) is 14.5 Å². The first-order chi connectivity index (χ1) is 8.55. The number of H-pyrrole nitrogens is 1. The number of ether oxygens (including phenoxy) is 1. The Bertz CT molecular complexity index is 456. The lowest BCUT2D eigenvalue weighted by Gasteiger charge is -2.14. The first-order valence-electron chi connectivity index (χ1n) is 5.98. The molecule has 0 amide bonds. The number of likely N-dealkylation sites (N-methyl/N-ethyl adjacent to an activating group) is 1. The number of aryl methyl sites for hydroxylation is 1. The quantitative estimate of drug-likeness (QED) is 0.739. The molecule has 1 heterocycles. The highest BCUT2D eigenvalue weighted by Gasteiger charge is 2.09. The fourth-order valence-corrected chi connectivity index (χ4v) is 1.56. The van der Waals surface area contributed by atoms with E-state index in [-0.39, 0.29) is 18.1 Å². The van der Waals surface area contributed by atoms with Crippen LogP contribution in [0.4, 0.5) is 0 Å². The molecule has 0 unspecified atom stereocenters. The Morgan fingerprint density at radius 2 is 2.22 bits per heavy atom. The van der Waals surface area contributed by atoms with E-state index in [2.05, 4.69) is 9.97 Å². The highest BCUT2D eigenvalue weighted by atomic mass is 16.5. The lowest BCUT2D eigenvalue weighted by atomic mass is 10.3. The van der Waals surface area contributed by atoms with Gasteiger partial charge in [-0.1, -0.05) is 6.92 Å². The van der Waals surface area contributed by atoms with Gasteiger partial charge in [0.25, 0.3) is 5.56 Å². The fourth-order valence-electron chi connectivity index (χ4n) is 1.56. The van der Waals surface area contributed by atoms with Crippen molar-refractivity contribution in [2.24, 2.45) is 0 Å². The normalized spacial score (nSPS) is 10.7. The van der Waals surface area contributed by atoms with Crippen molar-refractivity contribution in [3.63, 3.8) is 0 Å². The number of rotatable bonds is 6. The second kappa shape index (κ2) is 6.90. The van der Waals surface area contributed by atoms with Gasteiger partial charge >= 0.3 is 5.97 Å². The third-order valence-electron chi connectivity index (χ3n) is 2.33. The van der Waals surface area contributed by atoms with Gasteiger partial charge in [-0.15, -0.1) is 0 Å². The number of carbonyl (C=O) groups is 1. The minimum absolute atomic E-state index is 0.165. The molecule has 0 fully saturated rings. The number of aromatic amines is 1. The average Bonchev–Trinajstić information content (AvgIpc) is 2.27. The van der Waals surface area contributed by atoms with Gasteiger partial charge in [0.15, 0.2) is 0 Å². The summed E-state index contributed by atoms with van der Waals surface area (Å²) in [7, 11) is 1.77. The van der Waals surface area contributed by atoms with Crippen LogP contribution in [0.25, 0.3) is 0 Å². The van der Waals surface area contributed by atoms with E-state index >= 15 is 0 Å². The summed E-state index contributed by atoms with van der Waals surface area (Å²) in [5.41, 5.74) is 0.583. The van der Waals surface area contributed by atoms with E-state index in [0.29, 0.717) is 25.4 Å². The summed E-state index contributed by atoms with van der Waals surface area (Å²) in [4.78, 5) is 31.3. The van der Waals surface area contributed by atoms with Crippen molar-refractivity contribution in [1.29, 1.82) is 0 Å². The van der Waals surface area contributed by atoms with Crippen LogP contribution >= 0.6 is 0 Å². The van der Waals surface area contributed by atoms with Crippen LogP contribution in [0.2, 0.25) is 0 Å². The summed E-state index contributed by atoms with van der Waals surface area (Å²) in [5.74, 6) is 0.278. The molecule has 1 aromatic rings. The fraction of sp³-hybridized carbons (Fsp3) is 0.583. The van der Waals surface area contributed by atoms with Crippen LogP contribution in [0.15, 0.2) is 10.9 Å². The lowest BCUT2D eigenvalue weighted by Crippen LogP contribution is -2.28. The van der Waals surface area contributed by atoms with Gasteiger partial charge in [0.05, 0.1) is 19.7 Å². The predicted octanol–water partition coefficient (Wildman–Crippen LogP) is 0.327. The van der Waals surface area contributed by atoms with Crippen molar-refractivity contribution in [2.75, 3.05) is 20.2 Å². The number of carbonyl (C=O) groups excluding carboxylic acids is 1. The zero-order chi connectivity index (χ0) is 13.5. The van der Waals surface area contributed by atoms with Crippen molar-refractivity contribution in [3.05, 3.63) is 27.9 Å². The Balaban J connectivity index is 2.64. The summed E-state index contributed by atoms with van der Waals surface area (Å²) in [6.45, 7) is 4.65. The molecular formula is C12H19N3O3. The van der Waals surface area contributed by atoms with Crippen LogP contribution in [-0.4, -0.2) is 41.0 Å². The molecule has 1 aromatic heterocycles. The topological polar surface area (TPSA) is 75.3 Å². The van der Waals surface area contributed by atoms with Gasteiger partial charge in [-0.2, -0.15) is 0 Å². The maximum Gasteiger partial charge on any atom is 0.320 e. The van der Waals surface area contributed by atoms with Crippen LogP contribution in [0.5, 0.6) is 0 Å². The first kappa shape index (κ1) is 14.4. The Hall–Kier alpha value is -1.69. The maximum absolute atomic E-state index is 11.4. The zero-order valence-corrected chi connectivity index (χ0v) is 11.0. The number of nitrogens with zero attached hydrogens (tertiary/aromatic N) is 2. The largest absolute Gasteiger partial charge is 0.465 e. The third kappa shape index (κ3) is 4.67. The molecule has 1 N–H and O–H groups in total. The molecule has 0 atom stereocenters. The van der Waals surface area contributed by atoms with Crippen LogP contribution in [0.1, 0.15) is 25.4 Å². The van der Waals surface area contributed by atoms with E-state index in [9.17, 15) is 9.59 Å². The van der Waals surface area contributed by atoms with E-state index in [0.717, 1.165) is 5.69 Å². The van der Waals surface area contributed by atoms with E-state index in [4.69, 9.17) is 4.74 Å². The van der Waals surface area contributed by atoms with Gasteiger partial charge in [0, 0.05) is 11.8 Å². The molecule has 6 heteroatoms. The third-order valence-corrected chi connectivity index (χ3v) is 2.33. The van der Waals surface area contributed by atoms with E-state index in [1.54, 1.807) is 18.9 Å². The first-order valence-corrected chi connectivity index (χ1v) is 5.98. The standard InChI is InChI=1S/C12H19N3O3/c1-4-9-6-11(16)14-10(13-9)7-15(3)8-12(17)18-5-2/h6H,4-5,7-8H2,1-3H3,(H,13,14,16). The lowest BCUT2D eigenvalue weighted by molar-refractivity contribution is -0.144. The molecule has 0 aliphatic carbocycles. The molecule has 0 saturated heterocycles. The monoisotopic (exact) mass is 253 g/mol. The van der Waals surface area contributed by atoms with Gasteiger partial charge in [0.1, 0.15) is 5.82 Å². The van der Waals surface area contributed by atoms with Gasteiger partial charge in [-0.05, 0) is 20.4 Å². The summed E-state index contributed by atoms with van der Waals surface area (Å²) in [6, 6.07) is 1.48. The van der Waals surface area contributed by atoms with Gasteiger partial charge < -0.3 is 9.72 Å². The number of nitrogens with one attached hydrogen (secondary N) is 1. The van der Waals surface area contributed by atoms with Crippen LogP contribution in [0.3, 0.4) is 0 Å². The minimum atomic E-state index is -0.283.